The molecule has 4 aromatic rings. The van der Waals surface area contributed by atoms with Crippen molar-refractivity contribution in [2.24, 2.45) is 0 Å². The molecule has 0 radical (unpaired) electrons. The number of carbonyl (C=O) groups excluding carboxylic acids is 1. The largest absolute Gasteiger partial charge is 0.339 e. The highest BCUT2D eigenvalue weighted by Crippen LogP contribution is 2.29. The van der Waals surface area contributed by atoms with Crippen LogP contribution in [0.1, 0.15) is 0 Å². The lowest BCUT2D eigenvalue weighted by atomic mass is 10.1. The van der Waals surface area contributed by atoms with Gasteiger partial charge in [-0.3, -0.25) is 4.79 Å². The first kappa shape index (κ1) is 21.4. The molecule has 0 N–H and O–H groups in total. The van der Waals surface area contributed by atoms with Crippen LogP contribution < -0.4 is 0 Å². The van der Waals surface area contributed by atoms with E-state index in [1.807, 2.05) is 54.6 Å². The first-order valence-corrected chi connectivity index (χ1v) is 13.5. The predicted octanol–water partition coefficient (Wildman–Crippen LogP) is 4.07. The molecule has 1 aliphatic heterocycles. The third kappa shape index (κ3) is 4.25. The van der Waals surface area contributed by atoms with Gasteiger partial charge in [-0.1, -0.05) is 54.2 Å². The Morgan fingerprint density at radius 3 is 2.44 bits per heavy atom. The molecule has 0 atom stereocenters. The van der Waals surface area contributed by atoms with Crippen LogP contribution in [0, 0.1) is 0 Å². The molecule has 2 heterocycles. The third-order valence-corrected chi connectivity index (χ3v) is 9.60. The van der Waals surface area contributed by atoms with Gasteiger partial charge in [-0.25, -0.2) is 13.4 Å². The highest BCUT2D eigenvalue weighted by molar-refractivity contribution is 8.01. The lowest BCUT2D eigenvalue weighted by molar-refractivity contribution is -0.129. The molecule has 0 spiro atoms. The minimum atomic E-state index is -3.59. The number of carbonyl (C=O) groups is 1. The van der Waals surface area contributed by atoms with E-state index >= 15 is 0 Å². The maximum atomic E-state index is 13.1. The van der Waals surface area contributed by atoms with Gasteiger partial charge in [-0.05, 0) is 35.0 Å². The van der Waals surface area contributed by atoms with Crippen LogP contribution in [0.25, 0.3) is 21.0 Å². The number of amides is 1. The molecule has 0 unspecified atom stereocenters. The molecule has 164 valence electrons. The number of thiazole rings is 1. The molecular formula is C23H21N3O3S3. The van der Waals surface area contributed by atoms with E-state index in [-0.39, 0.29) is 5.91 Å². The van der Waals surface area contributed by atoms with Crippen molar-refractivity contribution in [2.75, 3.05) is 31.9 Å². The SMILES string of the molecule is O=C(CSc1nc2ccccc2s1)N1CCN(S(=O)(=O)c2ccc3ccccc3c2)CC1. The van der Waals surface area contributed by atoms with Gasteiger partial charge >= 0.3 is 0 Å². The second-order valence-corrected chi connectivity index (χ2v) is 11.7. The van der Waals surface area contributed by atoms with Crippen LogP contribution in [0.5, 0.6) is 0 Å². The van der Waals surface area contributed by atoms with Crippen LogP contribution in [0.15, 0.2) is 76.0 Å². The van der Waals surface area contributed by atoms with E-state index in [2.05, 4.69) is 4.98 Å². The molecule has 0 saturated carbocycles. The van der Waals surface area contributed by atoms with Crippen LogP contribution in [-0.2, 0) is 14.8 Å². The number of thioether (sulfide) groups is 1. The summed E-state index contributed by atoms with van der Waals surface area (Å²) in [5.41, 5.74) is 0.944. The van der Waals surface area contributed by atoms with Crippen molar-refractivity contribution in [1.82, 2.24) is 14.2 Å². The van der Waals surface area contributed by atoms with Gasteiger partial charge < -0.3 is 4.90 Å². The van der Waals surface area contributed by atoms with Crippen molar-refractivity contribution in [2.45, 2.75) is 9.24 Å². The Morgan fingerprint density at radius 2 is 1.66 bits per heavy atom. The van der Waals surface area contributed by atoms with Gasteiger partial charge in [0.05, 0.1) is 20.9 Å². The maximum Gasteiger partial charge on any atom is 0.243 e. The van der Waals surface area contributed by atoms with Gasteiger partial charge in [0.15, 0.2) is 4.34 Å². The van der Waals surface area contributed by atoms with Crippen molar-refractivity contribution in [3.8, 4) is 0 Å². The number of sulfonamides is 1. The average molecular weight is 484 g/mol. The van der Waals surface area contributed by atoms with Gasteiger partial charge in [-0.2, -0.15) is 4.31 Å². The fourth-order valence-electron chi connectivity index (χ4n) is 3.78. The number of para-hydroxylation sites is 1. The minimum absolute atomic E-state index is 0.0111. The molecule has 6 nitrogen and oxygen atoms in total. The molecule has 1 fully saturated rings. The summed E-state index contributed by atoms with van der Waals surface area (Å²) < 4.78 is 29.7. The van der Waals surface area contributed by atoms with Crippen LogP contribution in [0.3, 0.4) is 0 Å². The van der Waals surface area contributed by atoms with Crippen molar-refractivity contribution in [3.05, 3.63) is 66.7 Å². The summed E-state index contributed by atoms with van der Waals surface area (Å²) in [7, 11) is -3.59. The summed E-state index contributed by atoms with van der Waals surface area (Å²) in [6.45, 7) is 1.39. The number of rotatable bonds is 5. The predicted molar refractivity (Wildman–Crippen MR) is 130 cm³/mol. The average Bonchev–Trinajstić information content (AvgIpc) is 3.25. The van der Waals surface area contributed by atoms with Crippen molar-refractivity contribution < 1.29 is 13.2 Å². The van der Waals surface area contributed by atoms with E-state index in [0.29, 0.717) is 36.8 Å². The van der Waals surface area contributed by atoms with Crippen molar-refractivity contribution >= 4 is 60.0 Å². The minimum Gasteiger partial charge on any atom is -0.339 e. The lowest BCUT2D eigenvalue weighted by Crippen LogP contribution is -2.50. The van der Waals surface area contributed by atoms with Crippen LogP contribution in [-0.4, -0.2) is 60.4 Å². The Labute approximate surface area is 194 Å². The molecule has 3 aromatic carbocycles. The Bertz CT molecular complexity index is 1360. The zero-order chi connectivity index (χ0) is 22.1. The van der Waals surface area contributed by atoms with Gasteiger partial charge in [0, 0.05) is 26.2 Å². The monoisotopic (exact) mass is 483 g/mol. The Balaban J connectivity index is 1.20. The Hall–Kier alpha value is -2.46. The summed E-state index contributed by atoms with van der Waals surface area (Å²) in [6, 6.07) is 20.8. The first-order valence-electron chi connectivity index (χ1n) is 10.3. The van der Waals surface area contributed by atoms with E-state index in [9.17, 15) is 13.2 Å². The number of fused-ring (bicyclic) bond motifs is 2. The summed E-state index contributed by atoms with van der Waals surface area (Å²) in [5, 5.41) is 1.90. The van der Waals surface area contributed by atoms with Crippen molar-refractivity contribution in [3.63, 3.8) is 0 Å². The summed E-state index contributed by atoms with van der Waals surface area (Å²) in [4.78, 5) is 19.3. The van der Waals surface area contributed by atoms with Crippen LogP contribution >= 0.6 is 23.1 Å². The van der Waals surface area contributed by atoms with Gasteiger partial charge in [0.2, 0.25) is 15.9 Å². The molecule has 1 saturated heterocycles. The molecular weight excluding hydrogens is 462 g/mol. The van der Waals surface area contributed by atoms with E-state index in [1.165, 1.54) is 16.1 Å². The first-order chi connectivity index (χ1) is 15.5. The summed E-state index contributed by atoms with van der Waals surface area (Å²) >= 11 is 3.02. The second kappa shape index (κ2) is 8.82. The fraction of sp³-hybridized carbons (Fsp3) is 0.217. The smallest absolute Gasteiger partial charge is 0.243 e. The van der Waals surface area contributed by atoms with Crippen LogP contribution in [0.2, 0.25) is 0 Å². The standard InChI is InChI=1S/C23H21N3O3S3/c27-22(16-30-23-24-20-7-3-4-8-21(20)31-23)25-11-13-26(14-12-25)32(28,29)19-10-9-17-5-1-2-6-18(17)15-19/h1-10,15H,11-14,16H2. The summed E-state index contributed by atoms with van der Waals surface area (Å²) in [5.74, 6) is 0.314. The molecule has 0 bridgehead atoms. The second-order valence-electron chi connectivity index (χ2n) is 7.53. The Kier molecular flexibility index (Phi) is 5.90. The number of hydrogen-bond donors (Lipinski definition) is 0. The third-order valence-electron chi connectivity index (χ3n) is 5.54. The van der Waals surface area contributed by atoms with Crippen LogP contribution in [0.4, 0.5) is 0 Å². The van der Waals surface area contributed by atoms with E-state index in [0.717, 1.165) is 25.3 Å². The highest BCUT2D eigenvalue weighted by atomic mass is 32.2. The maximum absolute atomic E-state index is 13.1. The fourth-order valence-corrected chi connectivity index (χ4v) is 7.21. The van der Waals surface area contributed by atoms with Crippen molar-refractivity contribution in [1.29, 1.82) is 0 Å². The molecule has 5 rings (SSSR count). The normalized spacial score (nSPS) is 15.4. The van der Waals surface area contributed by atoms with Gasteiger partial charge in [0.25, 0.3) is 0 Å². The van der Waals surface area contributed by atoms with Gasteiger partial charge in [0.1, 0.15) is 0 Å². The zero-order valence-electron chi connectivity index (χ0n) is 17.2. The van der Waals surface area contributed by atoms with E-state index in [1.54, 1.807) is 28.4 Å². The van der Waals surface area contributed by atoms with Gasteiger partial charge in [-0.15, -0.1) is 11.3 Å². The van der Waals surface area contributed by atoms with E-state index in [4.69, 9.17) is 0 Å². The molecule has 9 heteroatoms. The topological polar surface area (TPSA) is 70.6 Å². The number of hydrogen-bond acceptors (Lipinski definition) is 6. The zero-order valence-corrected chi connectivity index (χ0v) is 19.6. The Morgan fingerprint density at radius 1 is 0.938 bits per heavy atom. The number of piperazine rings is 1. The molecule has 0 aliphatic carbocycles. The number of nitrogens with zero attached hydrogens (tertiary/aromatic N) is 3. The van der Waals surface area contributed by atoms with E-state index < -0.39 is 10.0 Å². The molecule has 1 aliphatic rings. The number of benzene rings is 3. The molecule has 1 aromatic heterocycles. The highest BCUT2D eigenvalue weighted by Gasteiger charge is 2.30. The summed E-state index contributed by atoms with van der Waals surface area (Å²) in [6.07, 6.45) is 0. The number of aromatic nitrogens is 1. The quantitative estimate of drug-likeness (QED) is 0.400. The molecule has 32 heavy (non-hydrogen) atoms. The molecule has 1 amide bonds. The lowest BCUT2D eigenvalue weighted by Gasteiger charge is -2.34.